The maximum atomic E-state index is 11.3. The van der Waals surface area contributed by atoms with Gasteiger partial charge in [0, 0.05) is 13.1 Å². The van der Waals surface area contributed by atoms with Crippen molar-refractivity contribution in [2.45, 2.75) is 47.5 Å². The fourth-order valence-corrected chi connectivity index (χ4v) is 1.09. The molecular weight excluding hydrogens is 212 g/mol. The predicted octanol–water partition coefficient (Wildman–Crippen LogP) is 3.63. The van der Waals surface area contributed by atoms with Crippen molar-refractivity contribution in [3.63, 3.8) is 0 Å². The van der Waals surface area contributed by atoms with E-state index in [-0.39, 0.29) is 6.03 Å². The first-order chi connectivity index (χ1) is 8.24. The van der Waals surface area contributed by atoms with E-state index in [0.717, 1.165) is 25.0 Å². The van der Waals surface area contributed by atoms with E-state index < -0.39 is 0 Å². The molecule has 0 aliphatic heterocycles. The molecule has 0 saturated heterocycles. The predicted molar refractivity (Wildman–Crippen MR) is 76.2 cm³/mol. The maximum absolute atomic E-state index is 11.3. The van der Waals surface area contributed by atoms with E-state index in [4.69, 9.17) is 0 Å². The number of hydrogen-bond acceptors (Lipinski definition) is 1. The van der Waals surface area contributed by atoms with Crippen LogP contribution in [0.1, 0.15) is 47.5 Å². The summed E-state index contributed by atoms with van der Waals surface area (Å²) in [6.45, 7) is 11.4. The minimum absolute atomic E-state index is 0.0905. The van der Waals surface area contributed by atoms with Crippen LogP contribution in [0.25, 0.3) is 0 Å². The number of unbranched alkanes of at least 4 members (excludes halogenated alkanes) is 1. The van der Waals surface area contributed by atoms with Crippen LogP contribution in [0.15, 0.2) is 23.8 Å². The lowest BCUT2D eigenvalue weighted by Crippen LogP contribution is -2.36. The molecule has 3 heteroatoms. The fraction of sp³-hybridized carbons (Fsp3) is 0.643. The lowest BCUT2D eigenvalue weighted by Gasteiger charge is -2.07. The number of carbonyl (C=O) groups excluding carboxylic acids is 1. The van der Waals surface area contributed by atoms with Crippen molar-refractivity contribution in [1.29, 1.82) is 0 Å². The monoisotopic (exact) mass is 240 g/mol. The van der Waals surface area contributed by atoms with Gasteiger partial charge in [-0.05, 0) is 25.8 Å². The summed E-state index contributed by atoms with van der Waals surface area (Å²) in [4.78, 5) is 11.3. The summed E-state index contributed by atoms with van der Waals surface area (Å²) in [6.07, 6.45) is 8.07. The second kappa shape index (κ2) is 14.8. The zero-order valence-electron chi connectivity index (χ0n) is 12.0. The molecule has 0 rings (SSSR count). The van der Waals surface area contributed by atoms with Gasteiger partial charge in [0.15, 0.2) is 0 Å². The van der Waals surface area contributed by atoms with E-state index >= 15 is 0 Å². The van der Waals surface area contributed by atoms with Gasteiger partial charge in [0.1, 0.15) is 0 Å². The summed E-state index contributed by atoms with van der Waals surface area (Å²) in [7, 11) is 0. The first-order valence-corrected chi connectivity index (χ1v) is 6.54. The Morgan fingerprint density at radius 1 is 1.18 bits per heavy atom. The van der Waals surface area contributed by atoms with E-state index in [1.54, 1.807) is 0 Å². The molecule has 0 aromatic carbocycles. The van der Waals surface area contributed by atoms with Crippen LogP contribution in [0.3, 0.4) is 0 Å². The molecular formula is C14H28N2O. The number of nitrogens with one attached hydrogen (secondary N) is 2. The number of amides is 2. The first kappa shape index (κ1) is 18.1. The minimum Gasteiger partial charge on any atom is -0.338 e. The van der Waals surface area contributed by atoms with Crippen molar-refractivity contribution in [2.75, 3.05) is 13.1 Å². The Labute approximate surface area is 106 Å². The smallest absolute Gasteiger partial charge is 0.315 e. The highest BCUT2D eigenvalue weighted by Crippen LogP contribution is 1.94. The van der Waals surface area contributed by atoms with E-state index in [1.807, 2.05) is 45.9 Å². The van der Waals surface area contributed by atoms with Gasteiger partial charge in [0.25, 0.3) is 0 Å². The van der Waals surface area contributed by atoms with Crippen molar-refractivity contribution in [1.82, 2.24) is 10.6 Å². The SMILES string of the molecule is C/C=C\C(=C/C)CNC(=O)NCCCC.CC. The van der Waals surface area contributed by atoms with Crippen molar-refractivity contribution in [3.05, 3.63) is 23.8 Å². The molecule has 0 heterocycles. The van der Waals surface area contributed by atoms with Gasteiger partial charge in [-0.15, -0.1) is 0 Å². The van der Waals surface area contributed by atoms with Crippen molar-refractivity contribution < 1.29 is 4.79 Å². The fourth-order valence-electron chi connectivity index (χ4n) is 1.09. The van der Waals surface area contributed by atoms with Crippen LogP contribution in [-0.4, -0.2) is 19.1 Å². The number of urea groups is 1. The molecule has 0 saturated carbocycles. The lowest BCUT2D eigenvalue weighted by molar-refractivity contribution is 0.241. The Balaban J connectivity index is 0. The molecule has 0 aromatic heterocycles. The average Bonchev–Trinajstić information content (AvgIpc) is 2.37. The largest absolute Gasteiger partial charge is 0.338 e. The van der Waals surface area contributed by atoms with E-state index in [1.165, 1.54) is 0 Å². The Morgan fingerprint density at radius 2 is 1.82 bits per heavy atom. The highest BCUT2D eigenvalue weighted by Gasteiger charge is 1.98. The average molecular weight is 240 g/mol. The molecule has 0 aromatic rings. The summed E-state index contributed by atoms with van der Waals surface area (Å²) in [6, 6.07) is -0.0905. The van der Waals surface area contributed by atoms with E-state index in [0.29, 0.717) is 6.54 Å². The Kier molecular flexibility index (Phi) is 15.7. The molecule has 0 fully saturated rings. The van der Waals surface area contributed by atoms with Gasteiger partial charge < -0.3 is 10.6 Å². The molecule has 2 amide bonds. The van der Waals surface area contributed by atoms with Gasteiger partial charge in [0.2, 0.25) is 0 Å². The normalized spacial score (nSPS) is 10.8. The molecule has 2 N–H and O–H groups in total. The molecule has 17 heavy (non-hydrogen) atoms. The van der Waals surface area contributed by atoms with Gasteiger partial charge >= 0.3 is 6.03 Å². The highest BCUT2D eigenvalue weighted by atomic mass is 16.2. The molecule has 0 aliphatic carbocycles. The van der Waals surface area contributed by atoms with Crippen LogP contribution < -0.4 is 10.6 Å². The maximum Gasteiger partial charge on any atom is 0.315 e. The zero-order valence-corrected chi connectivity index (χ0v) is 12.0. The molecule has 0 aliphatic rings. The van der Waals surface area contributed by atoms with Crippen molar-refractivity contribution in [3.8, 4) is 0 Å². The van der Waals surface area contributed by atoms with Crippen molar-refractivity contribution >= 4 is 6.03 Å². The molecule has 100 valence electrons. The van der Waals surface area contributed by atoms with Crippen LogP contribution in [0.4, 0.5) is 4.79 Å². The lowest BCUT2D eigenvalue weighted by atomic mass is 10.2. The third kappa shape index (κ3) is 12.7. The van der Waals surface area contributed by atoms with Crippen LogP contribution in [0.5, 0.6) is 0 Å². The number of rotatable bonds is 6. The van der Waals surface area contributed by atoms with Crippen LogP contribution in [-0.2, 0) is 0 Å². The number of carbonyl (C=O) groups is 1. The standard InChI is InChI=1S/C12H22N2O.C2H6/c1-4-7-9-13-12(15)14-10-11(6-3)8-5-2;1-2/h5-6,8H,4,7,9-10H2,1-3H3,(H2,13,14,15);1-2H3/b8-5-,11-6+;. The first-order valence-electron chi connectivity index (χ1n) is 6.54. The summed E-state index contributed by atoms with van der Waals surface area (Å²) in [5.41, 5.74) is 1.11. The van der Waals surface area contributed by atoms with Gasteiger partial charge in [0.05, 0.1) is 0 Å². The van der Waals surface area contributed by atoms with Crippen LogP contribution in [0.2, 0.25) is 0 Å². The summed E-state index contributed by atoms with van der Waals surface area (Å²) < 4.78 is 0. The quantitative estimate of drug-likeness (QED) is 0.540. The van der Waals surface area contributed by atoms with Gasteiger partial charge in [-0.3, -0.25) is 0 Å². The molecule has 0 bridgehead atoms. The molecule has 0 spiro atoms. The van der Waals surface area contributed by atoms with Crippen LogP contribution >= 0.6 is 0 Å². The zero-order chi connectivity index (χ0) is 13.5. The minimum atomic E-state index is -0.0905. The molecule has 0 radical (unpaired) electrons. The topological polar surface area (TPSA) is 41.1 Å². The van der Waals surface area contributed by atoms with Gasteiger partial charge in [-0.1, -0.05) is 45.4 Å². The summed E-state index contributed by atoms with van der Waals surface area (Å²) in [5, 5.41) is 5.61. The molecule has 3 nitrogen and oxygen atoms in total. The summed E-state index contributed by atoms with van der Waals surface area (Å²) >= 11 is 0. The van der Waals surface area contributed by atoms with Crippen LogP contribution in [0, 0.1) is 0 Å². The second-order valence-corrected chi connectivity index (χ2v) is 3.33. The number of allylic oxidation sites excluding steroid dienone is 2. The Morgan fingerprint density at radius 3 is 2.29 bits per heavy atom. The highest BCUT2D eigenvalue weighted by molar-refractivity contribution is 5.74. The Bertz CT molecular complexity index is 232. The van der Waals surface area contributed by atoms with Crippen molar-refractivity contribution in [2.24, 2.45) is 0 Å². The van der Waals surface area contributed by atoms with E-state index in [2.05, 4.69) is 17.6 Å². The molecule has 0 unspecified atom stereocenters. The molecule has 0 atom stereocenters. The Hall–Kier alpha value is -1.25. The van der Waals surface area contributed by atoms with E-state index in [9.17, 15) is 4.79 Å². The van der Waals surface area contributed by atoms with Gasteiger partial charge in [-0.25, -0.2) is 4.79 Å². The number of hydrogen-bond donors (Lipinski definition) is 2. The third-order valence-corrected chi connectivity index (χ3v) is 2.02. The van der Waals surface area contributed by atoms with Gasteiger partial charge in [-0.2, -0.15) is 0 Å². The third-order valence-electron chi connectivity index (χ3n) is 2.02. The summed E-state index contributed by atoms with van der Waals surface area (Å²) in [5.74, 6) is 0. The second-order valence-electron chi connectivity index (χ2n) is 3.33.